The van der Waals surface area contributed by atoms with Gasteiger partial charge in [-0.2, -0.15) is 5.26 Å². The fourth-order valence-electron chi connectivity index (χ4n) is 3.87. The number of nitriles is 1. The van der Waals surface area contributed by atoms with Gasteiger partial charge in [-0.25, -0.2) is 4.98 Å². The van der Waals surface area contributed by atoms with Gasteiger partial charge in [-0.15, -0.1) is 0 Å². The van der Waals surface area contributed by atoms with Crippen LogP contribution in [0.25, 0.3) is 0 Å². The van der Waals surface area contributed by atoms with Crippen molar-refractivity contribution in [3.8, 4) is 6.07 Å². The molecule has 0 aromatic carbocycles. The van der Waals surface area contributed by atoms with Crippen LogP contribution in [0.1, 0.15) is 44.6 Å². The van der Waals surface area contributed by atoms with Gasteiger partial charge < -0.3 is 9.80 Å². The number of amides is 1. The maximum atomic E-state index is 12.2. The molecule has 0 N–H and O–H groups in total. The molecule has 2 saturated heterocycles. The number of likely N-dealkylation sites (tertiary alicyclic amines) is 1. The highest BCUT2D eigenvalue weighted by Gasteiger charge is 2.40. The van der Waals surface area contributed by atoms with Gasteiger partial charge in [0.2, 0.25) is 5.91 Å². The number of carbonyl (C=O) groups excluding carboxylic acids is 1. The standard InChI is InChI=1S/C17H22N4O/c1-2-16(22)20-10-4-7-14(20)15-8-5-11-21(15)17-13(12-18)6-3-9-19-17/h3,6,9,14-15H,2,4-5,7-8,10-11H2,1H3/t14-,15-/m1/s1. The Kier molecular flexibility index (Phi) is 4.28. The molecular formula is C17H22N4O. The van der Waals surface area contributed by atoms with Crippen LogP contribution in [0.3, 0.4) is 0 Å². The Morgan fingerprint density at radius 2 is 2.14 bits per heavy atom. The SMILES string of the molecule is CCC(=O)N1CCC[C@@H]1[C@H]1CCCN1c1ncccc1C#N. The smallest absolute Gasteiger partial charge is 0.222 e. The van der Waals surface area contributed by atoms with E-state index in [0.717, 1.165) is 44.6 Å². The minimum absolute atomic E-state index is 0.246. The Bertz CT molecular complexity index is 595. The highest BCUT2D eigenvalue weighted by atomic mass is 16.2. The van der Waals surface area contributed by atoms with Crippen molar-refractivity contribution in [2.45, 2.75) is 51.1 Å². The van der Waals surface area contributed by atoms with E-state index in [0.29, 0.717) is 18.0 Å². The first kappa shape index (κ1) is 14.8. The number of pyridine rings is 1. The third-order valence-corrected chi connectivity index (χ3v) is 4.84. The van der Waals surface area contributed by atoms with Crippen LogP contribution in [0.4, 0.5) is 5.82 Å². The Hall–Kier alpha value is -2.09. The lowest BCUT2D eigenvalue weighted by atomic mass is 10.0. The van der Waals surface area contributed by atoms with Gasteiger partial charge in [-0.05, 0) is 37.8 Å². The van der Waals surface area contributed by atoms with Crippen molar-refractivity contribution in [3.05, 3.63) is 23.9 Å². The van der Waals surface area contributed by atoms with Crippen molar-refractivity contribution in [2.75, 3.05) is 18.0 Å². The molecule has 116 valence electrons. The molecule has 3 heterocycles. The topological polar surface area (TPSA) is 60.2 Å². The normalized spacial score (nSPS) is 24.5. The minimum Gasteiger partial charge on any atom is -0.350 e. The summed E-state index contributed by atoms with van der Waals surface area (Å²) in [5.74, 6) is 1.03. The number of anilines is 1. The van der Waals surface area contributed by atoms with Crippen LogP contribution in [-0.4, -0.2) is 41.0 Å². The first-order valence-corrected chi connectivity index (χ1v) is 8.17. The highest BCUT2D eigenvalue weighted by Crippen LogP contribution is 2.34. The van der Waals surface area contributed by atoms with Gasteiger partial charge >= 0.3 is 0 Å². The predicted octanol–water partition coefficient (Wildman–Crippen LogP) is 2.32. The lowest BCUT2D eigenvalue weighted by Crippen LogP contribution is -2.48. The average molecular weight is 298 g/mol. The number of rotatable bonds is 3. The molecule has 3 rings (SSSR count). The van der Waals surface area contributed by atoms with Gasteiger partial charge in [-0.1, -0.05) is 6.92 Å². The van der Waals surface area contributed by atoms with E-state index in [2.05, 4.69) is 20.9 Å². The number of aromatic nitrogens is 1. The zero-order chi connectivity index (χ0) is 15.5. The third kappa shape index (κ3) is 2.54. The molecule has 0 radical (unpaired) electrons. The molecule has 0 saturated carbocycles. The summed E-state index contributed by atoms with van der Waals surface area (Å²) in [4.78, 5) is 20.9. The summed E-state index contributed by atoms with van der Waals surface area (Å²) in [5, 5.41) is 9.33. The molecule has 2 atom stereocenters. The molecule has 1 aromatic rings. The van der Waals surface area contributed by atoms with Crippen molar-refractivity contribution < 1.29 is 4.79 Å². The third-order valence-electron chi connectivity index (χ3n) is 4.84. The largest absolute Gasteiger partial charge is 0.350 e. The van der Waals surface area contributed by atoms with Crippen molar-refractivity contribution >= 4 is 11.7 Å². The predicted molar refractivity (Wildman–Crippen MR) is 84.3 cm³/mol. The minimum atomic E-state index is 0.246. The van der Waals surface area contributed by atoms with Crippen LogP contribution in [0.2, 0.25) is 0 Å². The average Bonchev–Trinajstić information content (AvgIpc) is 3.22. The second kappa shape index (κ2) is 6.35. The molecule has 22 heavy (non-hydrogen) atoms. The quantitative estimate of drug-likeness (QED) is 0.859. The number of carbonyl (C=O) groups is 1. The van der Waals surface area contributed by atoms with E-state index in [1.165, 1.54) is 0 Å². The van der Waals surface area contributed by atoms with E-state index in [-0.39, 0.29) is 11.9 Å². The molecule has 0 unspecified atom stereocenters. The van der Waals surface area contributed by atoms with Gasteiger partial charge in [0.1, 0.15) is 11.9 Å². The van der Waals surface area contributed by atoms with Crippen molar-refractivity contribution in [1.82, 2.24) is 9.88 Å². The molecule has 0 spiro atoms. The Labute approximate surface area is 131 Å². The monoisotopic (exact) mass is 298 g/mol. The molecule has 5 heteroatoms. The van der Waals surface area contributed by atoms with Gasteiger partial charge in [-0.3, -0.25) is 4.79 Å². The van der Waals surface area contributed by atoms with Gasteiger partial charge in [0.25, 0.3) is 0 Å². The van der Waals surface area contributed by atoms with E-state index < -0.39 is 0 Å². The first-order valence-electron chi connectivity index (χ1n) is 8.17. The number of hydrogen-bond acceptors (Lipinski definition) is 4. The van der Waals surface area contributed by atoms with Gasteiger partial charge in [0, 0.05) is 25.7 Å². The van der Waals surface area contributed by atoms with E-state index in [4.69, 9.17) is 0 Å². The molecule has 2 aliphatic heterocycles. The maximum absolute atomic E-state index is 12.2. The first-order chi connectivity index (χ1) is 10.8. The molecular weight excluding hydrogens is 276 g/mol. The Balaban J connectivity index is 1.87. The highest BCUT2D eigenvalue weighted by molar-refractivity contribution is 5.76. The zero-order valence-electron chi connectivity index (χ0n) is 13.0. The summed E-state index contributed by atoms with van der Waals surface area (Å²) in [6.07, 6.45) is 6.61. The van der Waals surface area contributed by atoms with E-state index >= 15 is 0 Å². The van der Waals surface area contributed by atoms with Crippen LogP contribution in [0.5, 0.6) is 0 Å². The van der Waals surface area contributed by atoms with Crippen LogP contribution >= 0.6 is 0 Å². The van der Waals surface area contributed by atoms with Crippen LogP contribution in [0, 0.1) is 11.3 Å². The zero-order valence-corrected chi connectivity index (χ0v) is 13.0. The summed E-state index contributed by atoms with van der Waals surface area (Å²) in [6, 6.07) is 6.42. The van der Waals surface area contributed by atoms with E-state index in [9.17, 15) is 10.1 Å². The Morgan fingerprint density at radius 3 is 2.91 bits per heavy atom. The number of nitrogens with zero attached hydrogens (tertiary/aromatic N) is 4. The second-order valence-electron chi connectivity index (χ2n) is 6.04. The van der Waals surface area contributed by atoms with Crippen molar-refractivity contribution in [2.24, 2.45) is 0 Å². The molecule has 2 fully saturated rings. The lowest BCUT2D eigenvalue weighted by molar-refractivity contribution is -0.132. The molecule has 0 aliphatic carbocycles. The number of hydrogen-bond donors (Lipinski definition) is 0. The Morgan fingerprint density at radius 1 is 1.36 bits per heavy atom. The van der Waals surface area contributed by atoms with Crippen LogP contribution in [-0.2, 0) is 4.79 Å². The van der Waals surface area contributed by atoms with Crippen LogP contribution < -0.4 is 4.90 Å². The van der Waals surface area contributed by atoms with Crippen molar-refractivity contribution in [1.29, 1.82) is 5.26 Å². The molecule has 1 aromatic heterocycles. The van der Waals surface area contributed by atoms with Crippen molar-refractivity contribution in [3.63, 3.8) is 0 Å². The van der Waals surface area contributed by atoms with Crippen LogP contribution in [0.15, 0.2) is 18.3 Å². The summed E-state index contributed by atoms with van der Waals surface area (Å²) in [7, 11) is 0. The summed E-state index contributed by atoms with van der Waals surface area (Å²) < 4.78 is 0. The maximum Gasteiger partial charge on any atom is 0.222 e. The molecule has 1 amide bonds. The summed E-state index contributed by atoms with van der Waals surface area (Å²) in [6.45, 7) is 3.71. The van der Waals surface area contributed by atoms with E-state index in [1.807, 2.05) is 13.0 Å². The summed E-state index contributed by atoms with van der Waals surface area (Å²) >= 11 is 0. The fraction of sp³-hybridized carbons (Fsp3) is 0.588. The van der Waals surface area contributed by atoms with Gasteiger partial charge in [0.15, 0.2) is 0 Å². The summed E-state index contributed by atoms with van der Waals surface area (Å²) in [5.41, 5.74) is 0.626. The lowest BCUT2D eigenvalue weighted by Gasteiger charge is -2.35. The van der Waals surface area contributed by atoms with E-state index in [1.54, 1.807) is 12.3 Å². The van der Waals surface area contributed by atoms with Gasteiger partial charge in [0.05, 0.1) is 17.6 Å². The molecule has 0 bridgehead atoms. The molecule has 2 aliphatic rings. The molecule has 5 nitrogen and oxygen atoms in total. The second-order valence-corrected chi connectivity index (χ2v) is 6.04. The fourth-order valence-corrected chi connectivity index (χ4v) is 3.87.